The van der Waals surface area contributed by atoms with E-state index in [1.54, 1.807) is 41.5 Å². The van der Waals surface area contributed by atoms with E-state index in [1.165, 1.54) is 0 Å². The van der Waals surface area contributed by atoms with Crippen LogP contribution in [-0.2, 0) is 54.3 Å². The molecule has 0 rings (SSSR count). The van der Waals surface area contributed by atoms with Crippen molar-refractivity contribution in [2.45, 2.75) is 41.5 Å². The molecule has 104 valence electrons. The zero-order valence-corrected chi connectivity index (χ0v) is 13.2. The fourth-order valence-corrected chi connectivity index (χ4v) is 0. The van der Waals surface area contributed by atoms with Crippen molar-refractivity contribution in [2.24, 2.45) is 10.8 Å². The van der Waals surface area contributed by atoms with Gasteiger partial charge in [-0.15, -0.1) is 0 Å². The Balaban J connectivity index is -0.0000000800. The van der Waals surface area contributed by atoms with Gasteiger partial charge in [-0.05, 0) is 0 Å². The summed E-state index contributed by atoms with van der Waals surface area (Å²) in [7, 11) is 0. The first-order chi connectivity index (χ1) is 5.89. The van der Waals surface area contributed by atoms with E-state index in [0.717, 1.165) is 0 Å². The number of carbonyl (C=O) groups excluding carboxylic acids is 2. The molecule has 0 aromatic heterocycles. The Morgan fingerprint density at radius 2 is 0.750 bits per heavy atom. The van der Waals surface area contributed by atoms with E-state index in [4.69, 9.17) is 0 Å². The van der Waals surface area contributed by atoms with Crippen LogP contribution in [0.4, 0.5) is 0 Å². The Labute approximate surface area is 128 Å². The molecule has 0 amide bonds. The van der Waals surface area contributed by atoms with Gasteiger partial charge in [-0.2, -0.15) is 0 Å². The summed E-state index contributed by atoms with van der Waals surface area (Å²) in [5.41, 5.74) is -1.39. The van der Waals surface area contributed by atoms with Crippen molar-refractivity contribution < 1.29 is 64.6 Å². The van der Waals surface area contributed by atoms with E-state index in [2.05, 4.69) is 0 Å². The van der Waals surface area contributed by atoms with Crippen molar-refractivity contribution in [3.05, 3.63) is 0 Å². The number of hydrogen-bond donors (Lipinski definition) is 0. The van der Waals surface area contributed by atoms with E-state index in [-0.39, 0.29) is 44.8 Å². The minimum Gasteiger partial charge on any atom is -0.550 e. The van der Waals surface area contributed by atoms with Crippen LogP contribution in [0, 0.1) is 10.8 Å². The van der Waals surface area contributed by atoms with Gasteiger partial charge in [-0.1, -0.05) is 41.5 Å². The van der Waals surface area contributed by atoms with Crippen LogP contribution in [-0.4, -0.2) is 11.9 Å². The van der Waals surface area contributed by atoms with Gasteiger partial charge in [0.05, 0.1) is 0 Å². The van der Waals surface area contributed by atoms with Crippen molar-refractivity contribution in [3.63, 3.8) is 0 Å². The van der Waals surface area contributed by atoms with Crippen LogP contribution in [0.25, 0.3) is 0 Å². The maximum atomic E-state index is 9.91. The normalized spacial score (nSPS) is 9.88. The zero-order chi connectivity index (χ0) is 12.2. The van der Waals surface area contributed by atoms with E-state index in [1.807, 2.05) is 0 Å². The van der Waals surface area contributed by atoms with E-state index in [9.17, 15) is 19.8 Å². The Morgan fingerprint density at radius 1 is 0.688 bits per heavy atom. The van der Waals surface area contributed by atoms with Crippen molar-refractivity contribution in [1.29, 1.82) is 0 Å². The summed E-state index contributed by atoms with van der Waals surface area (Å²) < 4.78 is 0. The van der Waals surface area contributed by atoms with Crippen molar-refractivity contribution in [3.8, 4) is 0 Å². The molecule has 0 aromatic rings. The first-order valence-electron chi connectivity index (χ1n) is 4.32. The van der Waals surface area contributed by atoms with Gasteiger partial charge in [0.15, 0.2) is 0 Å². The fourth-order valence-electron chi connectivity index (χ4n) is 0. The molecule has 0 radical (unpaired) electrons. The van der Waals surface area contributed by atoms with Crippen LogP contribution in [0.5, 0.6) is 0 Å². The number of carboxylic acids is 2. The minimum atomic E-state index is -1.01. The van der Waals surface area contributed by atoms with Crippen LogP contribution in [0.3, 0.4) is 0 Å². The van der Waals surface area contributed by atoms with E-state index < -0.39 is 22.8 Å². The van der Waals surface area contributed by atoms with Gasteiger partial charge in [0.25, 0.3) is 0 Å². The maximum absolute atomic E-state index is 9.91. The summed E-state index contributed by atoms with van der Waals surface area (Å²) in [4.78, 5) is 19.8. The molecule has 0 aliphatic rings. The molecule has 16 heavy (non-hydrogen) atoms. The Bertz CT molecular complexity index is 190. The average molecular weight is 418 g/mol. The quantitative estimate of drug-likeness (QED) is 0.500. The smallest absolute Gasteiger partial charge is 0.550 e. The third-order valence-corrected chi connectivity index (χ3v) is 1.22. The van der Waals surface area contributed by atoms with Crippen LogP contribution < -0.4 is 10.2 Å². The standard InChI is InChI=1S/2C5H10O2.2Ag/c2*1-5(2,3)4(6)7;;/h2*1-3H3,(H,6,7);;/q;;2*+1/p-2. The molecule has 0 N–H and O–H groups in total. The summed E-state index contributed by atoms with van der Waals surface area (Å²) in [5.74, 6) is -2.01. The predicted octanol–water partition coefficient (Wildman–Crippen LogP) is -0.440. The molecule has 0 bridgehead atoms. The Hall–Kier alpha value is 0.421. The zero-order valence-electron chi connectivity index (χ0n) is 10.2. The van der Waals surface area contributed by atoms with Gasteiger partial charge in [-0.3, -0.25) is 0 Å². The second-order valence-corrected chi connectivity index (χ2v) is 5.07. The van der Waals surface area contributed by atoms with Gasteiger partial charge in [-0.25, -0.2) is 0 Å². The van der Waals surface area contributed by atoms with Crippen LogP contribution in [0.1, 0.15) is 41.5 Å². The van der Waals surface area contributed by atoms with Crippen LogP contribution in [0.15, 0.2) is 0 Å². The first-order valence-corrected chi connectivity index (χ1v) is 4.32. The molecule has 0 saturated carbocycles. The molecule has 0 aliphatic heterocycles. The second-order valence-electron chi connectivity index (χ2n) is 5.07. The summed E-state index contributed by atoms with van der Waals surface area (Å²) in [6.07, 6.45) is 0. The average Bonchev–Trinajstić information content (AvgIpc) is 1.83. The summed E-state index contributed by atoms with van der Waals surface area (Å²) in [6, 6.07) is 0. The molecule has 0 aliphatic carbocycles. The van der Waals surface area contributed by atoms with Gasteiger partial charge >= 0.3 is 44.8 Å². The first kappa shape index (κ1) is 25.3. The Morgan fingerprint density at radius 3 is 0.750 bits per heavy atom. The molecule has 0 heterocycles. The molecule has 0 saturated heterocycles. The third kappa shape index (κ3) is 16.8. The second kappa shape index (κ2) is 9.45. The summed E-state index contributed by atoms with van der Waals surface area (Å²) in [5, 5.41) is 19.8. The number of rotatable bonds is 0. The number of carbonyl (C=O) groups is 2. The predicted molar refractivity (Wildman–Crippen MR) is 48.9 cm³/mol. The molecule has 0 spiro atoms. The SMILES string of the molecule is CC(C)(C)C(=O)[O-].CC(C)(C)C(=O)[O-].[Ag+].[Ag+]. The number of carboxylic acid groups (broad SMARTS) is 2. The molecule has 0 atom stereocenters. The number of hydrogen-bond acceptors (Lipinski definition) is 4. The van der Waals surface area contributed by atoms with Gasteiger partial charge in [0, 0.05) is 22.8 Å². The largest absolute Gasteiger partial charge is 1.00 e. The van der Waals surface area contributed by atoms with Crippen molar-refractivity contribution in [2.75, 3.05) is 0 Å². The molecule has 0 fully saturated rings. The van der Waals surface area contributed by atoms with Crippen molar-refractivity contribution in [1.82, 2.24) is 0 Å². The Kier molecular flexibility index (Phi) is 15.0. The van der Waals surface area contributed by atoms with Gasteiger partial charge in [0.1, 0.15) is 0 Å². The monoisotopic (exact) mass is 416 g/mol. The van der Waals surface area contributed by atoms with Gasteiger partial charge in [0.2, 0.25) is 0 Å². The van der Waals surface area contributed by atoms with Gasteiger partial charge < -0.3 is 19.8 Å². The molecule has 6 heteroatoms. The third-order valence-electron chi connectivity index (χ3n) is 1.22. The molecular formula is C10H18Ag2O4. The molecule has 4 nitrogen and oxygen atoms in total. The minimum absolute atomic E-state index is 0. The summed E-state index contributed by atoms with van der Waals surface area (Å²) >= 11 is 0. The maximum Gasteiger partial charge on any atom is 1.00 e. The fraction of sp³-hybridized carbons (Fsp3) is 0.800. The van der Waals surface area contributed by atoms with Crippen molar-refractivity contribution >= 4 is 11.9 Å². The van der Waals surface area contributed by atoms with E-state index >= 15 is 0 Å². The topological polar surface area (TPSA) is 80.3 Å². The molecular weight excluding hydrogens is 400 g/mol. The molecule has 0 aromatic carbocycles. The van der Waals surface area contributed by atoms with Crippen LogP contribution in [0.2, 0.25) is 0 Å². The summed E-state index contributed by atoms with van der Waals surface area (Å²) in [6.45, 7) is 9.60. The van der Waals surface area contributed by atoms with E-state index in [0.29, 0.717) is 0 Å². The molecule has 0 unspecified atom stereocenters. The van der Waals surface area contributed by atoms with Crippen LogP contribution >= 0.6 is 0 Å². The number of aliphatic carboxylic acids is 2.